The van der Waals surface area contributed by atoms with Gasteiger partial charge in [0, 0.05) is 22.7 Å². The average Bonchev–Trinajstić information content (AvgIpc) is 2.38. The molecule has 0 radical (unpaired) electrons. The van der Waals surface area contributed by atoms with E-state index in [9.17, 15) is 0 Å². The minimum Gasteiger partial charge on any atom is -0.307 e. The molecule has 1 N–H and O–H groups in total. The number of benzene rings is 1. The number of hydrogen-bond acceptors (Lipinski definition) is 3. The van der Waals surface area contributed by atoms with Gasteiger partial charge in [0.15, 0.2) is 0 Å². The van der Waals surface area contributed by atoms with Gasteiger partial charge in [-0.05, 0) is 43.6 Å². The highest BCUT2D eigenvalue weighted by Gasteiger charge is 2.11. The summed E-state index contributed by atoms with van der Waals surface area (Å²) in [6.07, 6.45) is 5.47. The lowest BCUT2D eigenvalue weighted by molar-refractivity contribution is 0.475. The highest BCUT2D eigenvalue weighted by molar-refractivity contribution is 7.98. The third-order valence-corrected chi connectivity index (χ3v) is 4.44. The van der Waals surface area contributed by atoms with E-state index in [1.165, 1.54) is 22.6 Å². The van der Waals surface area contributed by atoms with Crippen molar-refractivity contribution in [2.24, 2.45) is 0 Å². The van der Waals surface area contributed by atoms with E-state index in [1.54, 1.807) is 11.8 Å². The van der Waals surface area contributed by atoms with E-state index >= 15 is 0 Å². The number of thioether (sulfide) groups is 2. The first-order valence-electron chi connectivity index (χ1n) is 6.10. The molecule has 0 aromatic heterocycles. The summed E-state index contributed by atoms with van der Waals surface area (Å²) in [7, 11) is 0. The predicted octanol–water partition coefficient (Wildman–Crippen LogP) is 4.20. The Balaban J connectivity index is 2.58. The summed E-state index contributed by atoms with van der Waals surface area (Å²) in [5, 5.41) is 3.69. The molecular formula is C14H23NS2. The second-order valence-corrected chi connectivity index (χ2v) is 6.01. The van der Waals surface area contributed by atoms with Crippen LogP contribution >= 0.6 is 23.5 Å². The molecule has 2 unspecified atom stereocenters. The lowest BCUT2D eigenvalue weighted by Gasteiger charge is -2.22. The zero-order chi connectivity index (χ0) is 12.7. The predicted molar refractivity (Wildman–Crippen MR) is 82.2 cm³/mol. The molecule has 96 valence electrons. The number of hydrogen-bond donors (Lipinski definition) is 1. The molecule has 1 nitrogen and oxygen atoms in total. The monoisotopic (exact) mass is 269 g/mol. The van der Waals surface area contributed by atoms with Gasteiger partial charge in [-0.2, -0.15) is 11.8 Å². The van der Waals surface area contributed by atoms with Crippen molar-refractivity contribution in [3.8, 4) is 0 Å². The fraction of sp³-hybridized carbons (Fsp3) is 0.571. The summed E-state index contributed by atoms with van der Waals surface area (Å²) in [5.74, 6) is 1.18. The zero-order valence-electron chi connectivity index (χ0n) is 11.2. The van der Waals surface area contributed by atoms with Crippen LogP contribution < -0.4 is 5.32 Å². The molecule has 0 aliphatic rings. The second kappa shape index (κ2) is 8.06. The van der Waals surface area contributed by atoms with Gasteiger partial charge in [0.1, 0.15) is 0 Å². The fourth-order valence-electron chi connectivity index (χ4n) is 1.83. The van der Waals surface area contributed by atoms with Gasteiger partial charge < -0.3 is 5.32 Å². The summed E-state index contributed by atoms with van der Waals surface area (Å²) < 4.78 is 0. The van der Waals surface area contributed by atoms with Crippen LogP contribution in [0.3, 0.4) is 0 Å². The smallest absolute Gasteiger partial charge is 0.0294 e. The van der Waals surface area contributed by atoms with Gasteiger partial charge in [0.25, 0.3) is 0 Å². The topological polar surface area (TPSA) is 12.0 Å². The zero-order valence-corrected chi connectivity index (χ0v) is 12.8. The molecule has 0 aliphatic carbocycles. The molecule has 0 heterocycles. The molecular weight excluding hydrogens is 246 g/mol. The average molecular weight is 269 g/mol. The Morgan fingerprint density at radius 1 is 1.18 bits per heavy atom. The van der Waals surface area contributed by atoms with Gasteiger partial charge in [-0.25, -0.2) is 0 Å². The molecule has 17 heavy (non-hydrogen) atoms. The minimum absolute atomic E-state index is 0.433. The van der Waals surface area contributed by atoms with Gasteiger partial charge in [0.05, 0.1) is 0 Å². The minimum atomic E-state index is 0.433. The van der Waals surface area contributed by atoms with E-state index in [-0.39, 0.29) is 0 Å². The van der Waals surface area contributed by atoms with Crippen LogP contribution in [0, 0.1) is 0 Å². The molecule has 1 rings (SSSR count). The van der Waals surface area contributed by atoms with Crippen LogP contribution in [0.5, 0.6) is 0 Å². The third kappa shape index (κ3) is 4.94. The normalized spacial score (nSPS) is 14.6. The summed E-state index contributed by atoms with van der Waals surface area (Å²) in [6.45, 7) is 4.49. The van der Waals surface area contributed by atoms with Crippen molar-refractivity contribution in [2.75, 3.05) is 18.3 Å². The Morgan fingerprint density at radius 3 is 2.29 bits per heavy atom. The van der Waals surface area contributed by atoms with Gasteiger partial charge in [-0.3, -0.25) is 0 Å². The van der Waals surface area contributed by atoms with E-state index in [0.717, 1.165) is 0 Å². The number of rotatable bonds is 7. The van der Waals surface area contributed by atoms with Crippen LogP contribution in [0.2, 0.25) is 0 Å². The Labute approximate surface area is 114 Å². The summed E-state index contributed by atoms with van der Waals surface area (Å²) in [4.78, 5) is 1.33. The molecule has 0 saturated carbocycles. The molecule has 0 aliphatic heterocycles. The molecule has 0 fully saturated rings. The molecule has 0 spiro atoms. The SMILES string of the molecule is CCC(CSC)NC(C)c1ccc(SC)cc1. The summed E-state index contributed by atoms with van der Waals surface area (Å²) in [5.41, 5.74) is 1.38. The van der Waals surface area contributed by atoms with E-state index in [4.69, 9.17) is 0 Å². The van der Waals surface area contributed by atoms with Gasteiger partial charge in [0.2, 0.25) is 0 Å². The maximum atomic E-state index is 3.69. The van der Waals surface area contributed by atoms with Crippen LogP contribution in [0.1, 0.15) is 31.9 Å². The molecule has 2 atom stereocenters. The summed E-state index contributed by atoms with van der Waals surface area (Å²) >= 11 is 3.70. The van der Waals surface area contributed by atoms with E-state index < -0.39 is 0 Å². The highest BCUT2D eigenvalue weighted by atomic mass is 32.2. The summed E-state index contributed by atoms with van der Waals surface area (Å²) in [6, 6.07) is 9.91. The van der Waals surface area contributed by atoms with Crippen molar-refractivity contribution in [1.29, 1.82) is 0 Å². The second-order valence-electron chi connectivity index (χ2n) is 4.22. The molecule has 1 aromatic rings. The van der Waals surface area contributed by atoms with E-state index in [0.29, 0.717) is 12.1 Å². The molecule has 0 amide bonds. The lowest BCUT2D eigenvalue weighted by Crippen LogP contribution is -2.32. The largest absolute Gasteiger partial charge is 0.307 e. The van der Waals surface area contributed by atoms with Crippen molar-refractivity contribution in [3.05, 3.63) is 29.8 Å². The van der Waals surface area contributed by atoms with Crippen molar-refractivity contribution in [2.45, 2.75) is 37.2 Å². The molecule has 3 heteroatoms. The Kier molecular flexibility index (Phi) is 7.09. The maximum Gasteiger partial charge on any atom is 0.0294 e. The van der Waals surface area contributed by atoms with Crippen molar-refractivity contribution in [3.63, 3.8) is 0 Å². The molecule has 0 bridgehead atoms. The molecule has 0 saturated heterocycles. The number of nitrogens with one attached hydrogen (secondary N) is 1. The maximum absolute atomic E-state index is 3.69. The first-order valence-corrected chi connectivity index (χ1v) is 8.72. The molecule has 1 aromatic carbocycles. The van der Waals surface area contributed by atoms with Crippen LogP contribution in [-0.4, -0.2) is 24.3 Å². The van der Waals surface area contributed by atoms with Crippen LogP contribution in [0.25, 0.3) is 0 Å². The lowest BCUT2D eigenvalue weighted by atomic mass is 10.1. The fourth-order valence-corrected chi connectivity index (χ4v) is 2.97. The van der Waals surface area contributed by atoms with Crippen LogP contribution in [0.15, 0.2) is 29.2 Å². The Bertz CT molecular complexity index is 311. The van der Waals surface area contributed by atoms with Crippen molar-refractivity contribution in [1.82, 2.24) is 5.32 Å². The quantitative estimate of drug-likeness (QED) is 0.745. The third-order valence-electron chi connectivity index (χ3n) is 2.96. The van der Waals surface area contributed by atoms with Crippen LogP contribution in [-0.2, 0) is 0 Å². The van der Waals surface area contributed by atoms with E-state index in [1.807, 2.05) is 11.8 Å². The Morgan fingerprint density at radius 2 is 1.82 bits per heavy atom. The van der Waals surface area contributed by atoms with E-state index in [2.05, 4.69) is 55.9 Å². The standard InChI is InChI=1S/C14H23NS2/c1-5-13(10-16-3)15-11(2)12-6-8-14(17-4)9-7-12/h6-9,11,13,15H,5,10H2,1-4H3. The van der Waals surface area contributed by atoms with Crippen molar-refractivity contribution < 1.29 is 0 Å². The van der Waals surface area contributed by atoms with Gasteiger partial charge in [-0.15, -0.1) is 11.8 Å². The Hall–Kier alpha value is -0.120. The first-order chi connectivity index (χ1) is 8.21. The van der Waals surface area contributed by atoms with Crippen LogP contribution in [0.4, 0.5) is 0 Å². The van der Waals surface area contributed by atoms with Gasteiger partial charge in [-0.1, -0.05) is 19.1 Å². The first kappa shape index (κ1) is 14.9. The highest BCUT2D eigenvalue weighted by Crippen LogP contribution is 2.19. The van der Waals surface area contributed by atoms with Gasteiger partial charge >= 0.3 is 0 Å². The van der Waals surface area contributed by atoms with Crippen molar-refractivity contribution >= 4 is 23.5 Å².